The van der Waals surface area contributed by atoms with Crippen LogP contribution in [-0.4, -0.2) is 43.7 Å². The molecule has 3 N–H and O–H groups in total. The van der Waals surface area contributed by atoms with Crippen molar-refractivity contribution in [2.45, 2.75) is 39.7 Å². The number of likely N-dealkylation sites (N-methyl/N-ethyl adjacent to an activating group) is 1. The number of anilines is 1. The van der Waals surface area contributed by atoms with Crippen LogP contribution in [0.15, 0.2) is 48.5 Å². The van der Waals surface area contributed by atoms with Gasteiger partial charge in [0.25, 0.3) is 5.91 Å². The molecule has 2 unspecified atom stereocenters. The standard InChI is InChI=1S/C26H35N3O4/c1-26(2,3)16-18-6-10-21(11-7-18)28-24(31)23(19-8-12-22(33-5)13-9-19)29(4)25(32)20(17-27)14-15-30/h6-13,15,20,23H,14,16-17,27H2,1-5H3,(H,28,31). The van der Waals surface area contributed by atoms with E-state index < -0.39 is 12.0 Å². The molecular weight excluding hydrogens is 418 g/mol. The quantitative estimate of drug-likeness (QED) is 0.536. The lowest BCUT2D eigenvalue weighted by Crippen LogP contribution is -2.43. The summed E-state index contributed by atoms with van der Waals surface area (Å²) in [5.74, 6) is -0.762. The zero-order valence-corrected chi connectivity index (χ0v) is 20.1. The third-order valence-corrected chi connectivity index (χ3v) is 5.39. The molecular formula is C26H35N3O4. The van der Waals surface area contributed by atoms with Crippen LogP contribution >= 0.6 is 0 Å². The fourth-order valence-electron chi connectivity index (χ4n) is 3.70. The number of nitrogens with two attached hydrogens (primary N) is 1. The Labute approximate surface area is 196 Å². The first-order valence-electron chi connectivity index (χ1n) is 11.0. The average Bonchev–Trinajstić information content (AvgIpc) is 2.78. The average molecular weight is 454 g/mol. The van der Waals surface area contributed by atoms with E-state index in [1.165, 1.54) is 10.5 Å². The third kappa shape index (κ3) is 7.43. The number of hydrogen-bond donors (Lipinski definition) is 2. The van der Waals surface area contributed by atoms with E-state index in [0.29, 0.717) is 23.3 Å². The highest BCUT2D eigenvalue weighted by atomic mass is 16.5. The Morgan fingerprint density at radius 2 is 1.70 bits per heavy atom. The fraction of sp³-hybridized carbons (Fsp3) is 0.423. The molecule has 0 aliphatic heterocycles. The predicted molar refractivity (Wildman–Crippen MR) is 130 cm³/mol. The van der Waals surface area contributed by atoms with Gasteiger partial charge in [-0.1, -0.05) is 45.0 Å². The molecule has 0 radical (unpaired) electrons. The van der Waals surface area contributed by atoms with Crippen molar-refractivity contribution in [1.29, 1.82) is 0 Å². The SMILES string of the molecule is COc1ccc(C(C(=O)Nc2ccc(CC(C)(C)C)cc2)N(C)C(=O)C(CN)CC=O)cc1. The number of benzene rings is 2. The van der Waals surface area contributed by atoms with Crippen LogP contribution in [0, 0.1) is 11.3 Å². The van der Waals surface area contributed by atoms with Gasteiger partial charge >= 0.3 is 0 Å². The second-order valence-corrected chi connectivity index (χ2v) is 9.38. The van der Waals surface area contributed by atoms with Crippen molar-refractivity contribution >= 4 is 23.8 Å². The van der Waals surface area contributed by atoms with Crippen LogP contribution in [0.1, 0.15) is 44.4 Å². The predicted octanol–water partition coefficient (Wildman–Crippen LogP) is 3.59. The molecule has 0 bridgehead atoms. The summed E-state index contributed by atoms with van der Waals surface area (Å²) >= 11 is 0. The lowest BCUT2D eigenvalue weighted by Gasteiger charge is -2.30. The van der Waals surface area contributed by atoms with Crippen LogP contribution in [0.4, 0.5) is 5.69 Å². The molecule has 2 aromatic carbocycles. The Hall–Kier alpha value is -3.19. The third-order valence-electron chi connectivity index (χ3n) is 5.39. The van der Waals surface area contributed by atoms with Gasteiger partial charge in [0.2, 0.25) is 5.91 Å². The highest BCUT2D eigenvalue weighted by Crippen LogP contribution is 2.27. The van der Waals surface area contributed by atoms with Gasteiger partial charge in [-0.05, 0) is 47.2 Å². The maximum atomic E-state index is 13.4. The molecule has 2 atom stereocenters. The summed E-state index contributed by atoms with van der Waals surface area (Å²) < 4.78 is 5.21. The van der Waals surface area contributed by atoms with E-state index in [1.807, 2.05) is 24.3 Å². The van der Waals surface area contributed by atoms with Crippen LogP contribution in [0.2, 0.25) is 0 Å². The van der Waals surface area contributed by atoms with Gasteiger partial charge in [-0.25, -0.2) is 0 Å². The first-order chi connectivity index (χ1) is 15.6. The second kappa shape index (κ2) is 11.6. The summed E-state index contributed by atoms with van der Waals surface area (Å²) in [6, 6.07) is 13.8. The van der Waals surface area contributed by atoms with E-state index >= 15 is 0 Å². The molecule has 7 heteroatoms. The largest absolute Gasteiger partial charge is 0.497 e. The van der Waals surface area contributed by atoms with Crippen LogP contribution in [0.3, 0.4) is 0 Å². The number of rotatable bonds is 10. The number of ether oxygens (including phenoxy) is 1. The lowest BCUT2D eigenvalue weighted by molar-refractivity contribution is -0.141. The minimum atomic E-state index is -0.904. The second-order valence-electron chi connectivity index (χ2n) is 9.38. The fourth-order valence-corrected chi connectivity index (χ4v) is 3.70. The molecule has 0 heterocycles. The van der Waals surface area contributed by atoms with E-state index in [1.54, 1.807) is 38.4 Å². The Kier molecular flexibility index (Phi) is 9.17. The number of methoxy groups -OCH3 is 1. The van der Waals surface area contributed by atoms with Crippen molar-refractivity contribution < 1.29 is 19.1 Å². The molecule has 178 valence electrons. The van der Waals surface area contributed by atoms with E-state index in [9.17, 15) is 14.4 Å². The normalized spacial score (nSPS) is 13.0. The molecule has 0 spiro atoms. The van der Waals surface area contributed by atoms with Crippen molar-refractivity contribution in [1.82, 2.24) is 4.90 Å². The molecule has 33 heavy (non-hydrogen) atoms. The van der Waals surface area contributed by atoms with Gasteiger partial charge in [0.05, 0.1) is 13.0 Å². The molecule has 0 aliphatic carbocycles. The van der Waals surface area contributed by atoms with Crippen molar-refractivity contribution in [3.63, 3.8) is 0 Å². The highest BCUT2D eigenvalue weighted by Gasteiger charge is 2.32. The first kappa shape index (κ1) is 26.1. The van der Waals surface area contributed by atoms with E-state index in [-0.39, 0.29) is 30.2 Å². The summed E-state index contributed by atoms with van der Waals surface area (Å²) in [7, 11) is 3.11. The lowest BCUT2D eigenvalue weighted by atomic mass is 9.88. The number of aldehydes is 1. The molecule has 0 saturated heterocycles. The molecule has 0 fully saturated rings. The van der Waals surface area contributed by atoms with Gasteiger partial charge in [-0.3, -0.25) is 9.59 Å². The molecule has 0 aromatic heterocycles. The summed E-state index contributed by atoms with van der Waals surface area (Å²) in [6.07, 6.45) is 1.60. The van der Waals surface area contributed by atoms with Gasteiger partial charge in [-0.15, -0.1) is 0 Å². The van der Waals surface area contributed by atoms with Crippen LogP contribution < -0.4 is 15.8 Å². The van der Waals surface area contributed by atoms with E-state index in [0.717, 1.165) is 6.42 Å². The van der Waals surface area contributed by atoms with Crippen molar-refractivity contribution in [3.8, 4) is 5.75 Å². The Balaban J connectivity index is 2.30. The van der Waals surface area contributed by atoms with Crippen molar-refractivity contribution in [2.75, 3.05) is 26.0 Å². The number of nitrogens with zero attached hydrogens (tertiary/aromatic N) is 1. The summed E-state index contributed by atoms with van der Waals surface area (Å²) in [5, 5.41) is 2.92. The minimum Gasteiger partial charge on any atom is -0.497 e. The van der Waals surface area contributed by atoms with Crippen LogP contribution in [-0.2, 0) is 20.8 Å². The Morgan fingerprint density at radius 3 is 2.18 bits per heavy atom. The molecule has 2 rings (SSSR count). The number of carbonyl (C=O) groups is 3. The van der Waals surface area contributed by atoms with Crippen molar-refractivity contribution in [2.24, 2.45) is 17.1 Å². The van der Waals surface area contributed by atoms with Crippen molar-refractivity contribution in [3.05, 3.63) is 59.7 Å². The molecule has 7 nitrogen and oxygen atoms in total. The number of nitrogens with one attached hydrogen (secondary N) is 1. The van der Waals surface area contributed by atoms with Gasteiger partial charge in [0.15, 0.2) is 0 Å². The maximum absolute atomic E-state index is 13.4. The van der Waals surface area contributed by atoms with Gasteiger partial charge in [-0.2, -0.15) is 0 Å². The highest BCUT2D eigenvalue weighted by molar-refractivity contribution is 5.98. The maximum Gasteiger partial charge on any atom is 0.251 e. The molecule has 0 aliphatic rings. The van der Waals surface area contributed by atoms with E-state index in [4.69, 9.17) is 10.5 Å². The summed E-state index contributed by atoms with van der Waals surface area (Å²) in [6.45, 7) is 6.55. The van der Waals surface area contributed by atoms with E-state index in [2.05, 4.69) is 26.1 Å². The topological polar surface area (TPSA) is 102 Å². The Morgan fingerprint density at radius 1 is 1.09 bits per heavy atom. The van der Waals surface area contributed by atoms with Gasteiger partial charge in [0, 0.05) is 25.7 Å². The minimum absolute atomic E-state index is 0.00582. The first-order valence-corrected chi connectivity index (χ1v) is 11.0. The molecule has 2 aromatic rings. The summed E-state index contributed by atoms with van der Waals surface area (Å²) in [4.78, 5) is 38.7. The van der Waals surface area contributed by atoms with Crippen LogP contribution in [0.25, 0.3) is 0 Å². The monoisotopic (exact) mass is 453 g/mol. The Bertz CT molecular complexity index is 934. The number of hydrogen-bond acceptors (Lipinski definition) is 5. The smallest absolute Gasteiger partial charge is 0.251 e. The summed E-state index contributed by atoms with van der Waals surface area (Å²) in [5.41, 5.74) is 8.31. The van der Waals surface area contributed by atoms with Gasteiger partial charge in [0.1, 0.15) is 18.1 Å². The van der Waals surface area contributed by atoms with Gasteiger partial charge < -0.3 is 25.5 Å². The molecule has 2 amide bonds. The zero-order valence-electron chi connectivity index (χ0n) is 20.1. The zero-order chi connectivity index (χ0) is 24.6. The number of carbonyl (C=O) groups excluding carboxylic acids is 3. The number of amides is 2. The molecule has 0 saturated carbocycles. The van der Waals surface area contributed by atoms with Crippen LogP contribution in [0.5, 0.6) is 5.75 Å².